The first-order chi connectivity index (χ1) is 14.5. The first-order valence-corrected chi connectivity index (χ1v) is 10.4. The highest BCUT2D eigenvalue weighted by molar-refractivity contribution is 6.45. The van der Waals surface area contributed by atoms with Crippen LogP contribution in [0.25, 0.3) is 21.8 Å². The van der Waals surface area contributed by atoms with Crippen LogP contribution >= 0.6 is 0 Å². The zero-order valence-electron chi connectivity index (χ0n) is 18.3. The highest BCUT2D eigenvalue weighted by atomic mass is 15.3. The molecule has 0 saturated heterocycles. The average molecular weight is 389 g/mol. The number of nitrogens with zero attached hydrogens (tertiary/aromatic N) is 3. The molecule has 0 spiro atoms. The molecule has 0 radical (unpaired) electrons. The molecule has 0 fully saturated rings. The molecule has 5 aromatic rings. The Balaban J connectivity index is 1.89. The highest BCUT2D eigenvalue weighted by Gasteiger charge is 2.25. The molecule has 2 heterocycles. The van der Waals surface area contributed by atoms with Crippen LogP contribution in [0.1, 0.15) is 5.56 Å². The minimum Gasteiger partial charge on any atom is -0.330 e. The molecule has 3 aromatic carbocycles. The van der Waals surface area contributed by atoms with E-state index in [2.05, 4.69) is 124 Å². The summed E-state index contributed by atoms with van der Waals surface area (Å²) >= 11 is 0. The summed E-state index contributed by atoms with van der Waals surface area (Å²) in [7, 11) is 8.81. The van der Waals surface area contributed by atoms with E-state index in [0.717, 1.165) is 0 Å². The Hall–Kier alpha value is -3.33. The van der Waals surface area contributed by atoms with Gasteiger partial charge in [-0.25, -0.2) is 0 Å². The molecule has 0 aliphatic heterocycles. The van der Waals surface area contributed by atoms with E-state index in [1.54, 1.807) is 0 Å². The number of para-hydroxylation sites is 2. The Bertz CT molecular complexity index is 1230. The zero-order valence-corrected chi connectivity index (χ0v) is 18.3. The molecule has 0 atom stereocenters. The summed E-state index contributed by atoms with van der Waals surface area (Å²) in [6, 6.07) is 26.2. The number of fused-ring (bicyclic) bond motifs is 2. The molecule has 3 nitrogen and oxygen atoms in total. The van der Waals surface area contributed by atoms with E-state index in [1.807, 2.05) is 0 Å². The zero-order chi connectivity index (χ0) is 21.0. The molecule has 0 saturated carbocycles. The van der Waals surface area contributed by atoms with Crippen LogP contribution in [-0.2, 0) is 14.1 Å². The molecular formula is C25H25B2N3. The lowest BCUT2D eigenvalue weighted by molar-refractivity contribution is 0.908. The number of aromatic nitrogens is 2. The molecule has 30 heavy (non-hydrogen) atoms. The van der Waals surface area contributed by atoms with E-state index >= 15 is 0 Å². The lowest BCUT2D eigenvalue weighted by Gasteiger charge is -2.28. The normalized spacial score (nSPS) is 11.4. The third-order valence-corrected chi connectivity index (χ3v) is 6.36. The molecule has 0 unspecified atom stereocenters. The molecule has 2 aromatic heterocycles. The molecule has 5 rings (SSSR count). The maximum absolute atomic E-state index is 2.42. The van der Waals surface area contributed by atoms with E-state index in [0.29, 0.717) is 0 Å². The first kappa shape index (κ1) is 18.7. The lowest BCUT2D eigenvalue weighted by Crippen LogP contribution is -2.26. The van der Waals surface area contributed by atoms with Crippen molar-refractivity contribution in [3.63, 3.8) is 0 Å². The Labute approximate surface area is 179 Å². The third kappa shape index (κ3) is 2.62. The van der Waals surface area contributed by atoms with Gasteiger partial charge in [0.1, 0.15) is 27.3 Å². The summed E-state index contributed by atoms with van der Waals surface area (Å²) in [6.07, 6.45) is 0. The van der Waals surface area contributed by atoms with Crippen LogP contribution in [0.2, 0.25) is 0 Å². The summed E-state index contributed by atoms with van der Waals surface area (Å²) in [5, 5.41) is 2.59. The van der Waals surface area contributed by atoms with Crippen LogP contribution < -0.4 is 15.8 Å². The Kier molecular flexibility index (Phi) is 4.28. The monoisotopic (exact) mass is 389 g/mol. The number of anilines is 3. The topological polar surface area (TPSA) is 13.1 Å². The van der Waals surface area contributed by atoms with Crippen molar-refractivity contribution in [3.8, 4) is 0 Å². The lowest BCUT2D eigenvalue weighted by atomic mass is 9.92. The largest absolute Gasteiger partial charge is 0.330 e. The molecule has 146 valence electrons. The van der Waals surface area contributed by atoms with Gasteiger partial charge in [0.2, 0.25) is 0 Å². The number of benzene rings is 3. The van der Waals surface area contributed by atoms with Gasteiger partial charge in [0.05, 0.1) is 0 Å². The van der Waals surface area contributed by atoms with Crippen molar-refractivity contribution in [1.29, 1.82) is 0 Å². The van der Waals surface area contributed by atoms with Crippen LogP contribution in [0.15, 0.2) is 72.8 Å². The molecule has 0 N–H and O–H groups in total. The van der Waals surface area contributed by atoms with Gasteiger partial charge >= 0.3 is 0 Å². The van der Waals surface area contributed by atoms with Crippen molar-refractivity contribution >= 4 is 65.7 Å². The Morgan fingerprint density at radius 3 is 1.50 bits per heavy atom. The van der Waals surface area contributed by atoms with Crippen molar-refractivity contribution in [1.82, 2.24) is 9.13 Å². The Morgan fingerprint density at radius 2 is 1.07 bits per heavy atom. The smallest absolute Gasteiger partial charge is 0.145 e. The summed E-state index contributed by atoms with van der Waals surface area (Å²) in [5.41, 5.74) is 7.51. The van der Waals surface area contributed by atoms with Gasteiger partial charge < -0.3 is 9.13 Å². The van der Waals surface area contributed by atoms with E-state index in [1.165, 1.54) is 55.6 Å². The van der Waals surface area contributed by atoms with Crippen molar-refractivity contribution in [2.24, 2.45) is 14.1 Å². The van der Waals surface area contributed by atoms with Gasteiger partial charge in [-0.1, -0.05) is 54.1 Å². The molecule has 0 bridgehead atoms. The fourth-order valence-corrected chi connectivity index (χ4v) is 4.81. The number of hydrogen-bond acceptors (Lipinski definition) is 1. The number of rotatable bonds is 3. The molecule has 0 aliphatic carbocycles. The van der Waals surface area contributed by atoms with Crippen LogP contribution in [0.5, 0.6) is 0 Å². The van der Waals surface area contributed by atoms with E-state index in [9.17, 15) is 0 Å². The van der Waals surface area contributed by atoms with Gasteiger partial charge in [0, 0.05) is 30.8 Å². The summed E-state index contributed by atoms with van der Waals surface area (Å²) in [6.45, 7) is 2.14. The number of hydrogen-bond donors (Lipinski definition) is 0. The molecule has 0 amide bonds. The number of aryl methyl sites for hydroxylation is 3. The predicted octanol–water partition coefficient (Wildman–Crippen LogP) is 2.97. The van der Waals surface area contributed by atoms with Crippen molar-refractivity contribution in [3.05, 3.63) is 78.4 Å². The van der Waals surface area contributed by atoms with Gasteiger partial charge in [0.25, 0.3) is 0 Å². The molecule has 0 aliphatic rings. The van der Waals surface area contributed by atoms with Crippen molar-refractivity contribution < 1.29 is 0 Å². The third-order valence-electron chi connectivity index (χ3n) is 6.36. The van der Waals surface area contributed by atoms with E-state index in [-0.39, 0.29) is 0 Å². The summed E-state index contributed by atoms with van der Waals surface area (Å²) in [4.78, 5) is 2.42. The van der Waals surface area contributed by atoms with Crippen molar-refractivity contribution in [2.45, 2.75) is 6.92 Å². The average Bonchev–Trinajstić information content (AvgIpc) is 3.17. The van der Waals surface area contributed by atoms with Crippen molar-refractivity contribution in [2.75, 3.05) is 4.90 Å². The van der Waals surface area contributed by atoms with Gasteiger partial charge in [-0.05, 0) is 52.9 Å². The van der Waals surface area contributed by atoms with Crippen LogP contribution in [0.3, 0.4) is 0 Å². The molecular weight excluding hydrogens is 364 g/mol. The van der Waals surface area contributed by atoms with E-state index in [4.69, 9.17) is 0 Å². The minimum absolute atomic E-state index is 1.17. The van der Waals surface area contributed by atoms with E-state index < -0.39 is 0 Å². The standard InChI is InChI=1S/C25H25B2N3/c1-16-12-14-17(15-13-16)30(24-22(26)18-8-4-6-10-20(18)28(24)2)25-23(27)19-9-5-7-11-21(19)29(25)3/h4-15H,26-27H2,1-3H3. The minimum atomic E-state index is 1.17. The second-order valence-corrected chi connectivity index (χ2v) is 8.22. The van der Waals surface area contributed by atoms with Crippen LogP contribution in [0.4, 0.5) is 17.3 Å². The van der Waals surface area contributed by atoms with Gasteiger partial charge in [-0.2, -0.15) is 0 Å². The van der Waals surface area contributed by atoms with Gasteiger partial charge in [-0.15, -0.1) is 0 Å². The molecule has 5 heteroatoms. The van der Waals surface area contributed by atoms with Gasteiger partial charge in [0.15, 0.2) is 0 Å². The summed E-state index contributed by atoms with van der Waals surface area (Å²) < 4.78 is 4.64. The summed E-state index contributed by atoms with van der Waals surface area (Å²) in [5.74, 6) is 2.41. The van der Waals surface area contributed by atoms with Gasteiger partial charge in [-0.3, -0.25) is 4.90 Å². The quantitative estimate of drug-likeness (QED) is 0.433. The predicted molar refractivity (Wildman–Crippen MR) is 135 cm³/mol. The second kappa shape index (κ2) is 6.87. The second-order valence-electron chi connectivity index (χ2n) is 8.22. The Morgan fingerprint density at radius 1 is 0.633 bits per heavy atom. The fraction of sp³-hybridized carbons (Fsp3) is 0.120. The maximum Gasteiger partial charge on any atom is 0.145 e. The SMILES string of the molecule is Bc1c(N(c2ccc(C)cc2)c2c(B)c3ccccc3n2C)n(C)c2ccccc12. The highest BCUT2D eigenvalue weighted by Crippen LogP contribution is 2.37. The van der Waals surface area contributed by atoms with Crippen LogP contribution in [-0.4, -0.2) is 24.8 Å². The maximum atomic E-state index is 2.42. The van der Waals surface area contributed by atoms with Crippen LogP contribution in [0, 0.1) is 6.92 Å². The fourth-order valence-electron chi connectivity index (χ4n) is 4.81. The first-order valence-electron chi connectivity index (χ1n) is 10.4.